The van der Waals surface area contributed by atoms with Crippen LogP contribution in [0.5, 0.6) is 0 Å². The highest BCUT2D eigenvalue weighted by Gasteiger charge is 1.98. The molecule has 1 heterocycles. The normalized spacial score (nSPS) is 14.9. The zero-order valence-electron chi connectivity index (χ0n) is 6.01. The summed E-state index contributed by atoms with van der Waals surface area (Å²) < 4.78 is 0. The molecule has 0 amide bonds. The van der Waals surface area contributed by atoms with Gasteiger partial charge in [-0.05, 0) is 12.8 Å². The van der Waals surface area contributed by atoms with Crippen molar-refractivity contribution in [2.24, 2.45) is 4.99 Å². The maximum atomic E-state index is 5.11. The number of aliphatic imine (C=N–C) groups is 1. The second-order valence-electron chi connectivity index (χ2n) is 2.34. The Hall–Kier alpha value is -1.03. The molecule has 1 nitrogen and oxygen atoms in total. The average molecular weight is 133 g/mol. The number of hydrogen-bond donors (Lipinski definition) is 0. The molecule has 0 spiro atoms. The third-order valence-electron chi connectivity index (χ3n) is 1.50. The standard InChI is InChI=1S/C9H11N/c1-2-3-4-6-9-7-5-8-10-9/h1,5,8H,3-4,6-7H2. The molecule has 10 heavy (non-hydrogen) atoms. The van der Waals surface area contributed by atoms with Gasteiger partial charge in [-0.1, -0.05) is 6.08 Å². The van der Waals surface area contributed by atoms with Crippen molar-refractivity contribution >= 4 is 5.71 Å². The quantitative estimate of drug-likeness (QED) is 0.413. The van der Waals surface area contributed by atoms with Crippen molar-refractivity contribution in [3.63, 3.8) is 0 Å². The van der Waals surface area contributed by atoms with Gasteiger partial charge in [-0.2, -0.15) is 0 Å². The molecule has 0 aliphatic carbocycles. The van der Waals surface area contributed by atoms with E-state index in [-0.39, 0.29) is 0 Å². The van der Waals surface area contributed by atoms with Crippen molar-refractivity contribution in [1.82, 2.24) is 0 Å². The summed E-state index contributed by atoms with van der Waals surface area (Å²) in [5.74, 6) is 2.62. The lowest BCUT2D eigenvalue weighted by molar-refractivity contribution is 0.906. The molecule has 52 valence electrons. The summed E-state index contributed by atoms with van der Waals surface area (Å²) in [6, 6.07) is 0. The summed E-state index contributed by atoms with van der Waals surface area (Å²) in [5.41, 5.74) is 1.27. The molecule has 0 fully saturated rings. The van der Waals surface area contributed by atoms with Crippen molar-refractivity contribution in [2.75, 3.05) is 0 Å². The predicted octanol–water partition coefficient (Wildman–Crippen LogP) is 2.15. The summed E-state index contributed by atoms with van der Waals surface area (Å²) in [7, 11) is 0. The number of hydrogen-bond acceptors (Lipinski definition) is 1. The molecule has 0 atom stereocenters. The van der Waals surface area contributed by atoms with E-state index in [0.29, 0.717) is 0 Å². The molecule has 1 aliphatic rings. The minimum atomic E-state index is 0.874. The highest BCUT2D eigenvalue weighted by Crippen LogP contribution is 2.06. The van der Waals surface area contributed by atoms with Gasteiger partial charge in [0.1, 0.15) is 0 Å². The van der Waals surface area contributed by atoms with Gasteiger partial charge in [0.2, 0.25) is 0 Å². The van der Waals surface area contributed by atoms with E-state index in [4.69, 9.17) is 6.42 Å². The second-order valence-corrected chi connectivity index (χ2v) is 2.34. The first-order valence-corrected chi connectivity index (χ1v) is 3.57. The molecular weight excluding hydrogens is 122 g/mol. The number of rotatable bonds is 3. The highest BCUT2D eigenvalue weighted by atomic mass is 14.7. The Morgan fingerprint density at radius 1 is 1.70 bits per heavy atom. The lowest BCUT2D eigenvalue weighted by Gasteiger charge is -1.94. The van der Waals surface area contributed by atoms with E-state index in [1.54, 1.807) is 0 Å². The monoisotopic (exact) mass is 133 g/mol. The fraction of sp³-hybridized carbons (Fsp3) is 0.444. The number of nitrogens with zero attached hydrogens (tertiary/aromatic N) is 1. The van der Waals surface area contributed by atoms with Gasteiger partial charge in [0, 0.05) is 24.8 Å². The van der Waals surface area contributed by atoms with Gasteiger partial charge >= 0.3 is 0 Å². The van der Waals surface area contributed by atoms with Crippen LogP contribution in [0.2, 0.25) is 0 Å². The lowest BCUT2D eigenvalue weighted by atomic mass is 10.1. The molecule has 0 saturated carbocycles. The molecule has 0 aromatic rings. The van der Waals surface area contributed by atoms with Crippen molar-refractivity contribution in [2.45, 2.75) is 25.7 Å². The minimum absolute atomic E-state index is 0.874. The van der Waals surface area contributed by atoms with Crippen LogP contribution >= 0.6 is 0 Å². The fourth-order valence-electron chi connectivity index (χ4n) is 0.961. The van der Waals surface area contributed by atoms with E-state index in [1.165, 1.54) is 5.71 Å². The van der Waals surface area contributed by atoms with Crippen LogP contribution in [-0.2, 0) is 0 Å². The number of unbranched alkanes of at least 4 members (excludes halogenated alkanes) is 1. The average Bonchev–Trinajstić information content (AvgIpc) is 2.41. The Labute approximate surface area is 61.9 Å². The minimum Gasteiger partial charge on any atom is -0.266 e. The molecule has 0 saturated heterocycles. The first-order chi connectivity index (χ1) is 4.93. The van der Waals surface area contributed by atoms with Crippen LogP contribution < -0.4 is 0 Å². The van der Waals surface area contributed by atoms with Gasteiger partial charge < -0.3 is 0 Å². The summed E-state index contributed by atoms with van der Waals surface area (Å²) in [6.45, 7) is 0. The van der Waals surface area contributed by atoms with Crippen LogP contribution in [0.4, 0.5) is 0 Å². The Bertz CT molecular complexity index is 193. The van der Waals surface area contributed by atoms with Crippen molar-refractivity contribution < 1.29 is 0 Å². The van der Waals surface area contributed by atoms with Gasteiger partial charge in [0.05, 0.1) is 0 Å². The Balaban J connectivity index is 2.11. The van der Waals surface area contributed by atoms with E-state index < -0.39 is 0 Å². The third kappa shape index (κ3) is 2.06. The molecule has 0 unspecified atom stereocenters. The second kappa shape index (κ2) is 3.90. The maximum absolute atomic E-state index is 5.11. The van der Waals surface area contributed by atoms with Crippen LogP contribution in [-0.4, -0.2) is 5.71 Å². The molecular formula is C9H11N. The summed E-state index contributed by atoms with van der Waals surface area (Å²) in [5, 5.41) is 0. The maximum Gasteiger partial charge on any atom is 0.0231 e. The SMILES string of the molecule is C#CCCCC1=NC=CC1. The zero-order chi connectivity index (χ0) is 7.23. The Morgan fingerprint density at radius 3 is 3.20 bits per heavy atom. The van der Waals surface area contributed by atoms with E-state index >= 15 is 0 Å². The van der Waals surface area contributed by atoms with Gasteiger partial charge in [0.25, 0.3) is 0 Å². The molecule has 1 rings (SSSR count). The fourth-order valence-corrected chi connectivity index (χ4v) is 0.961. The van der Waals surface area contributed by atoms with Gasteiger partial charge in [-0.15, -0.1) is 12.3 Å². The largest absolute Gasteiger partial charge is 0.266 e. The van der Waals surface area contributed by atoms with E-state index in [9.17, 15) is 0 Å². The van der Waals surface area contributed by atoms with Crippen LogP contribution in [0.3, 0.4) is 0 Å². The first kappa shape index (κ1) is 7.08. The molecule has 0 N–H and O–H groups in total. The zero-order valence-corrected chi connectivity index (χ0v) is 6.01. The number of allylic oxidation sites excluding steroid dienone is 1. The van der Waals surface area contributed by atoms with Crippen molar-refractivity contribution in [1.29, 1.82) is 0 Å². The Morgan fingerprint density at radius 2 is 2.60 bits per heavy atom. The van der Waals surface area contributed by atoms with Gasteiger partial charge in [-0.3, -0.25) is 4.99 Å². The summed E-state index contributed by atoms with van der Waals surface area (Å²) in [6.07, 6.45) is 13.1. The van der Waals surface area contributed by atoms with E-state index in [1.807, 2.05) is 6.20 Å². The first-order valence-electron chi connectivity index (χ1n) is 3.57. The van der Waals surface area contributed by atoms with Crippen LogP contribution in [0, 0.1) is 12.3 Å². The van der Waals surface area contributed by atoms with Crippen LogP contribution in [0.15, 0.2) is 17.3 Å². The highest BCUT2D eigenvalue weighted by molar-refractivity contribution is 5.87. The molecule has 0 radical (unpaired) electrons. The van der Waals surface area contributed by atoms with Crippen molar-refractivity contribution in [3.8, 4) is 12.3 Å². The summed E-state index contributed by atoms with van der Waals surface area (Å²) in [4.78, 5) is 4.18. The molecule has 1 heteroatoms. The molecule has 0 aromatic carbocycles. The van der Waals surface area contributed by atoms with Crippen LogP contribution in [0.1, 0.15) is 25.7 Å². The molecule has 0 bridgehead atoms. The molecule has 0 aromatic heterocycles. The predicted molar refractivity (Wildman–Crippen MR) is 43.9 cm³/mol. The van der Waals surface area contributed by atoms with Crippen molar-refractivity contribution in [3.05, 3.63) is 12.3 Å². The smallest absolute Gasteiger partial charge is 0.0231 e. The lowest BCUT2D eigenvalue weighted by Crippen LogP contribution is -1.91. The summed E-state index contributed by atoms with van der Waals surface area (Å²) >= 11 is 0. The number of terminal acetylenes is 1. The van der Waals surface area contributed by atoms with Crippen LogP contribution in [0.25, 0.3) is 0 Å². The Kier molecular flexibility index (Phi) is 2.76. The molecule has 1 aliphatic heterocycles. The van der Waals surface area contributed by atoms with Gasteiger partial charge in [0.15, 0.2) is 0 Å². The topological polar surface area (TPSA) is 12.4 Å². The van der Waals surface area contributed by atoms with E-state index in [0.717, 1.165) is 25.7 Å². The van der Waals surface area contributed by atoms with E-state index in [2.05, 4.69) is 17.0 Å². The third-order valence-corrected chi connectivity index (χ3v) is 1.50. The van der Waals surface area contributed by atoms with Gasteiger partial charge in [-0.25, -0.2) is 0 Å².